The number of nitrogens with zero attached hydrogens (tertiary/aromatic N) is 3. The zero-order valence-electron chi connectivity index (χ0n) is 15.8. The minimum absolute atomic E-state index is 0.0288. The number of rotatable bonds is 1. The topological polar surface area (TPSA) is 30.7 Å². The maximum absolute atomic E-state index is 4.59. The Labute approximate surface area is 163 Å². The summed E-state index contributed by atoms with van der Waals surface area (Å²) < 4.78 is 2.22. The molecule has 6 rings (SSSR count). The Balaban J connectivity index is 1.89. The van der Waals surface area contributed by atoms with Crippen molar-refractivity contribution in [1.29, 1.82) is 0 Å². The van der Waals surface area contributed by atoms with E-state index >= 15 is 0 Å². The molecule has 3 heteroatoms. The molecule has 0 bridgehead atoms. The first kappa shape index (κ1) is 15.6. The molecule has 0 saturated carbocycles. The summed E-state index contributed by atoms with van der Waals surface area (Å²) in [6.07, 6.45) is 3.62. The summed E-state index contributed by atoms with van der Waals surface area (Å²) >= 11 is 0. The minimum Gasteiger partial charge on any atom is -0.277 e. The van der Waals surface area contributed by atoms with Crippen LogP contribution in [0.4, 0.5) is 0 Å². The van der Waals surface area contributed by atoms with Crippen LogP contribution in [0, 0.1) is 0 Å². The molecule has 3 aromatic carbocycles. The molecular formula is C25H19N3. The summed E-state index contributed by atoms with van der Waals surface area (Å²) in [7, 11) is 0. The number of hydrogen-bond acceptors (Lipinski definition) is 2. The maximum Gasteiger partial charge on any atom is 0.234 e. The summed E-state index contributed by atoms with van der Waals surface area (Å²) in [6.45, 7) is 4.63. The summed E-state index contributed by atoms with van der Waals surface area (Å²) in [6, 6.07) is 23.7. The van der Waals surface area contributed by atoms with E-state index in [1.54, 1.807) is 0 Å². The van der Waals surface area contributed by atoms with Crippen molar-refractivity contribution >= 4 is 21.8 Å². The first-order valence-electron chi connectivity index (χ1n) is 9.62. The highest BCUT2D eigenvalue weighted by Crippen LogP contribution is 2.52. The lowest BCUT2D eigenvalue weighted by Crippen LogP contribution is -2.14. The fraction of sp³-hybridized carbons (Fsp3) is 0.120. The monoisotopic (exact) mass is 361 g/mol. The molecule has 0 atom stereocenters. The van der Waals surface area contributed by atoms with E-state index in [-0.39, 0.29) is 5.41 Å². The summed E-state index contributed by atoms with van der Waals surface area (Å²) in [5.41, 5.74) is 7.67. The molecule has 5 aromatic rings. The van der Waals surface area contributed by atoms with Gasteiger partial charge >= 0.3 is 0 Å². The van der Waals surface area contributed by atoms with E-state index in [1.165, 1.54) is 38.5 Å². The van der Waals surface area contributed by atoms with E-state index in [2.05, 4.69) is 89.0 Å². The second kappa shape index (κ2) is 5.29. The first-order valence-corrected chi connectivity index (χ1v) is 9.62. The Morgan fingerprint density at radius 2 is 1.46 bits per heavy atom. The third kappa shape index (κ3) is 1.83. The number of hydrogen-bond donors (Lipinski definition) is 0. The zero-order chi connectivity index (χ0) is 18.9. The van der Waals surface area contributed by atoms with Gasteiger partial charge in [-0.15, -0.1) is 0 Å². The van der Waals surface area contributed by atoms with Crippen LogP contribution in [0.3, 0.4) is 0 Å². The maximum atomic E-state index is 4.59. The fourth-order valence-electron chi connectivity index (χ4n) is 4.86. The Morgan fingerprint density at radius 3 is 2.32 bits per heavy atom. The van der Waals surface area contributed by atoms with Gasteiger partial charge in [-0.1, -0.05) is 68.4 Å². The second-order valence-corrected chi connectivity index (χ2v) is 7.96. The molecule has 1 aliphatic carbocycles. The Kier molecular flexibility index (Phi) is 2.95. The van der Waals surface area contributed by atoms with Gasteiger partial charge in [0.2, 0.25) is 5.95 Å². The van der Waals surface area contributed by atoms with Crippen LogP contribution in [0.25, 0.3) is 38.9 Å². The van der Waals surface area contributed by atoms with Crippen molar-refractivity contribution in [3.05, 3.63) is 90.3 Å². The molecule has 1 aliphatic rings. The lowest BCUT2D eigenvalue weighted by molar-refractivity contribution is 0.661. The SMILES string of the molecule is CC1(C)c2ccccc2-c2c1ccc1c3ccccc3n(-c3ncccn3)c21. The van der Waals surface area contributed by atoms with Gasteiger partial charge in [0, 0.05) is 34.1 Å². The summed E-state index contributed by atoms with van der Waals surface area (Å²) in [4.78, 5) is 9.18. The first-order chi connectivity index (χ1) is 13.7. The highest BCUT2D eigenvalue weighted by Gasteiger charge is 2.37. The fourth-order valence-corrected chi connectivity index (χ4v) is 4.86. The molecule has 0 saturated heterocycles. The second-order valence-electron chi connectivity index (χ2n) is 7.96. The van der Waals surface area contributed by atoms with Gasteiger partial charge < -0.3 is 0 Å². The Morgan fingerprint density at radius 1 is 0.714 bits per heavy atom. The molecular weight excluding hydrogens is 342 g/mol. The van der Waals surface area contributed by atoms with Gasteiger partial charge in [-0.05, 0) is 28.8 Å². The molecule has 0 aliphatic heterocycles. The standard InChI is InChI=1S/C25H19N3/c1-25(2)19-10-5-3-9-18(19)22-20(25)13-12-17-16-8-4-6-11-21(16)28(23(17)22)24-26-14-7-15-27-24/h3-15H,1-2H3. The third-order valence-electron chi connectivity index (χ3n) is 6.13. The number of aromatic nitrogens is 3. The van der Waals surface area contributed by atoms with E-state index in [4.69, 9.17) is 0 Å². The average Bonchev–Trinajstić information content (AvgIpc) is 3.19. The van der Waals surface area contributed by atoms with Crippen LogP contribution in [0.1, 0.15) is 25.0 Å². The lowest BCUT2D eigenvalue weighted by Gasteiger charge is -2.21. The van der Waals surface area contributed by atoms with E-state index in [9.17, 15) is 0 Å². The molecule has 0 fully saturated rings. The van der Waals surface area contributed by atoms with Crippen LogP contribution < -0.4 is 0 Å². The van der Waals surface area contributed by atoms with Crippen molar-refractivity contribution in [2.75, 3.05) is 0 Å². The molecule has 0 unspecified atom stereocenters. The molecule has 2 aromatic heterocycles. The van der Waals surface area contributed by atoms with Gasteiger partial charge in [0.05, 0.1) is 11.0 Å². The van der Waals surface area contributed by atoms with Gasteiger partial charge in [0.1, 0.15) is 0 Å². The molecule has 0 N–H and O–H groups in total. The van der Waals surface area contributed by atoms with Crippen LogP contribution in [0.5, 0.6) is 0 Å². The molecule has 134 valence electrons. The number of benzene rings is 3. The molecule has 28 heavy (non-hydrogen) atoms. The zero-order valence-corrected chi connectivity index (χ0v) is 15.8. The Bertz CT molecular complexity index is 1380. The van der Waals surface area contributed by atoms with Crippen LogP contribution in [-0.2, 0) is 5.41 Å². The molecule has 2 heterocycles. The van der Waals surface area contributed by atoms with Crippen molar-refractivity contribution in [3.8, 4) is 17.1 Å². The van der Waals surface area contributed by atoms with Gasteiger partial charge in [-0.2, -0.15) is 0 Å². The van der Waals surface area contributed by atoms with Crippen molar-refractivity contribution in [3.63, 3.8) is 0 Å². The van der Waals surface area contributed by atoms with E-state index < -0.39 is 0 Å². The molecule has 0 radical (unpaired) electrons. The molecule has 3 nitrogen and oxygen atoms in total. The lowest BCUT2D eigenvalue weighted by atomic mass is 9.82. The van der Waals surface area contributed by atoms with Crippen molar-refractivity contribution in [2.45, 2.75) is 19.3 Å². The molecule has 0 spiro atoms. The van der Waals surface area contributed by atoms with Crippen molar-refractivity contribution in [2.24, 2.45) is 0 Å². The van der Waals surface area contributed by atoms with Crippen molar-refractivity contribution in [1.82, 2.24) is 14.5 Å². The largest absolute Gasteiger partial charge is 0.277 e. The number of fused-ring (bicyclic) bond motifs is 7. The van der Waals surface area contributed by atoms with E-state index in [0.717, 1.165) is 5.52 Å². The quantitative estimate of drug-likeness (QED) is 0.373. The van der Waals surface area contributed by atoms with Gasteiger partial charge in [0.15, 0.2) is 0 Å². The molecule has 0 amide bonds. The highest BCUT2D eigenvalue weighted by atomic mass is 15.1. The summed E-state index contributed by atoms with van der Waals surface area (Å²) in [5.74, 6) is 0.712. The third-order valence-corrected chi connectivity index (χ3v) is 6.13. The smallest absolute Gasteiger partial charge is 0.234 e. The summed E-state index contributed by atoms with van der Waals surface area (Å²) in [5, 5.41) is 2.48. The predicted octanol–water partition coefficient (Wildman–Crippen LogP) is 5.88. The van der Waals surface area contributed by atoms with Gasteiger partial charge in [0.25, 0.3) is 0 Å². The Hall–Kier alpha value is -3.46. The predicted molar refractivity (Wildman–Crippen MR) is 114 cm³/mol. The van der Waals surface area contributed by atoms with Crippen LogP contribution >= 0.6 is 0 Å². The van der Waals surface area contributed by atoms with E-state index in [0.29, 0.717) is 5.95 Å². The van der Waals surface area contributed by atoms with E-state index in [1.807, 2.05) is 18.5 Å². The van der Waals surface area contributed by atoms with Crippen LogP contribution in [0.2, 0.25) is 0 Å². The van der Waals surface area contributed by atoms with Gasteiger partial charge in [-0.25, -0.2) is 9.97 Å². The highest BCUT2D eigenvalue weighted by molar-refractivity contribution is 6.15. The van der Waals surface area contributed by atoms with Crippen LogP contribution in [0.15, 0.2) is 79.1 Å². The minimum atomic E-state index is -0.0288. The number of para-hydroxylation sites is 1. The van der Waals surface area contributed by atoms with Crippen LogP contribution in [-0.4, -0.2) is 14.5 Å². The van der Waals surface area contributed by atoms with Gasteiger partial charge in [-0.3, -0.25) is 4.57 Å². The normalized spacial score (nSPS) is 14.4. The van der Waals surface area contributed by atoms with Crippen molar-refractivity contribution < 1.29 is 0 Å². The average molecular weight is 361 g/mol.